The van der Waals surface area contributed by atoms with Gasteiger partial charge in [-0.25, -0.2) is 0 Å². The highest BCUT2D eigenvalue weighted by atomic mass is 32.2. The van der Waals surface area contributed by atoms with Gasteiger partial charge in [-0.1, -0.05) is 103 Å². The number of hydrogen-bond donors (Lipinski definition) is 1. The molecule has 0 aliphatic heterocycles. The molecule has 0 saturated heterocycles. The summed E-state index contributed by atoms with van der Waals surface area (Å²) < 4.78 is 29.7. The van der Waals surface area contributed by atoms with E-state index < -0.39 is 10.1 Å². The SMILES string of the molecule is CCCCCCCCCCCCCCCCCCS(=O)(=O)O. The lowest BCUT2D eigenvalue weighted by Gasteiger charge is -2.03. The van der Waals surface area contributed by atoms with Crippen LogP contribution in [-0.2, 0) is 10.1 Å². The second-order valence-corrected chi connectivity index (χ2v) is 8.16. The Hall–Kier alpha value is -0.0900. The summed E-state index contributed by atoms with van der Waals surface area (Å²) in [5.41, 5.74) is 0. The van der Waals surface area contributed by atoms with Gasteiger partial charge in [0.1, 0.15) is 0 Å². The van der Waals surface area contributed by atoms with Crippen LogP contribution in [0.15, 0.2) is 0 Å². The van der Waals surface area contributed by atoms with Crippen molar-refractivity contribution < 1.29 is 13.0 Å². The van der Waals surface area contributed by atoms with Gasteiger partial charge in [0.25, 0.3) is 10.1 Å². The summed E-state index contributed by atoms with van der Waals surface area (Å²) in [6, 6.07) is 0. The van der Waals surface area contributed by atoms with Crippen molar-refractivity contribution in [2.45, 2.75) is 110 Å². The molecule has 134 valence electrons. The standard InChI is InChI=1S/C18H38O3S/c1-2-3-4-5-6-7-8-9-10-11-12-13-14-15-16-17-18-22(19,20)21/h2-18H2,1H3,(H,19,20,21). The Morgan fingerprint density at radius 1 is 0.545 bits per heavy atom. The molecule has 0 aliphatic rings. The van der Waals surface area contributed by atoms with E-state index in [4.69, 9.17) is 4.55 Å². The first-order valence-corrected chi connectivity index (χ1v) is 11.1. The highest BCUT2D eigenvalue weighted by Gasteiger charge is 2.02. The molecule has 22 heavy (non-hydrogen) atoms. The minimum Gasteiger partial charge on any atom is -0.286 e. The van der Waals surface area contributed by atoms with Crippen molar-refractivity contribution in [2.75, 3.05) is 5.75 Å². The Morgan fingerprint density at radius 3 is 1.09 bits per heavy atom. The molecule has 0 aliphatic carbocycles. The zero-order valence-electron chi connectivity index (χ0n) is 14.7. The molecule has 3 nitrogen and oxygen atoms in total. The van der Waals surface area contributed by atoms with E-state index in [1.165, 1.54) is 83.5 Å². The molecular formula is C18H38O3S. The van der Waals surface area contributed by atoms with Crippen LogP contribution in [0.1, 0.15) is 110 Å². The lowest BCUT2D eigenvalue weighted by molar-refractivity contribution is 0.478. The minimum absolute atomic E-state index is 0.0779. The van der Waals surface area contributed by atoms with Crippen molar-refractivity contribution in [3.63, 3.8) is 0 Å². The second kappa shape index (κ2) is 15.8. The molecule has 0 aromatic heterocycles. The monoisotopic (exact) mass is 334 g/mol. The molecule has 0 saturated carbocycles. The Kier molecular flexibility index (Phi) is 15.7. The van der Waals surface area contributed by atoms with Crippen LogP contribution in [0.2, 0.25) is 0 Å². The molecule has 0 amide bonds. The van der Waals surface area contributed by atoms with E-state index in [0.717, 1.165) is 12.8 Å². The number of rotatable bonds is 17. The van der Waals surface area contributed by atoms with E-state index in [0.29, 0.717) is 6.42 Å². The summed E-state index contributed by atoms with van der Waals surface area (Å²) in [5.74, 6) is -0.0779. The van der Waals surface area contributed by atoms with Crippen LogP contribution in [0.4, 0.5) is 0 Å². The Bertz CT molecular complexity index is 312. The molecular weight excluding hydrogens is 296 g/mol. The van der Waals surface area contributed by atoms with E-state index in [2.05, 4.69) is 6.92 Å². The maximum Gasteiger partial charge on any atom is 0.264 e. The largest absolute Gasteiger partial charge is 0.286 e. The Labute approximate surface area is 139 Å². The molecule has 1 N–H and O–H groups in total. The van der Waals surface area contributed by atoms with Gasteiger partial charge in [-0.15, -0.1) is 0 Å². The first-order chi connectivity index (χ1) is 10.6. The molecule has 0 aromatic rings. The molecule has 0 radical (unpaired) electrons. The summed E-state index contributed by atoms with van der Waals surface area (Å²) in [7, 11) is -3.74. The zero-order chi connectivity index (χ0) is 16.5. The lowest BCUT2D eigenvalue weighted by Crippen LogP contribution is -2.03. The number of hydrogen-bond acceptors (Lipinski definition) is 2. The third kappa shape index (κ3) is 19.9. The van der Waals surface area contributed by atoms with Gasteiger partial charge in [-0.2, -0.15) is 8.42 Å². The van der Waals surface area contributed by atoms with Crippen LogP contribution in [0.5, 0.6) is 0 Å². The molecule has 0 rings (SSSR count). The molecule has 0 bridgehead atoms. The van der Waals surface area contributed by atoms with Gasteiger partial charge >= 0.3 is 0 Å². The van der Waals surface area contributed by atoms with Crippen LogP contribution in [0, 0.1) is 0 Å². The Balaban J connectivity index is 3.03. The first kappa shape index (κ1) is 21.9. The summed E-state index contributed by atoms with van der Waals surface area (Å²) in [6.45, 7) is 2.26. The summed E-state index contributed by atoms with van der Waals surface area (Å²) >= 11 is 0. The summed E-state index contributed by atoms with van der Waals surface area (Å²) in [5, 5.41) is 0. The van der Waals surface area contributed by atoms with E-state index in [9.17, 15) is 8.42 Å². The maximum atomic E-state index is 10.5. The maximum absolute atomic E-state index is 10.5. The van der Waals surface area contributed by atoms with Crippen LogP contribution < -0.4 is 0 Å². The highest BCUT2D eigenvalue weighted by Crippen LogP contribution is 2.13. The second-order valence-electron chi connectivity index (χ2n) is 6.59. The van der Waals surface area contributed by atoms with Gasteiger partial charge in [-0.05, 0) is 6.42 Å². The van der Waals surface area contributed by atoms with Crippen LogP contribution in [0.25, 0.3) is 0 Å². The fraction of sp³-hybridized carbons (Fsp3) is 1.00. The highest BCUT2D eigenvalue weighted by molar-refractivity contribution is 7.85. The molecule has 0 fully saturated rings. The van der Waals surface area contributed by atoms with E-state index >= 15 is 0 Å². The van der Waals surface area contributed by atoms with Crippen LogP contribution in [-0.4, -0.2) is 18.7 Å². The molecule has 0 heterocycles. The fourth-order valence-electron chi connectivity index (χ4n) is 2.83. The third-order valence-corrected chi connectivity index (χ3v) is 5.06. The zero-order valence-corrected chi connectivity index (χ0v) is 15.5. The van der Waals surface area contributed by atoms with Crippen LogP contribution in [0.3, 0.4) is 0 Å². The first-order valence-electron chi connectivity index (χ1n) is 9.51. The lowest BCUT2D eigenvalue weighted by atomic mass is 10.0. The van der Waals surface area contributed by atoms with Crippen LogP contribution >= 0.6 is 0 Å². The van der Waals surface area contributed by atoms with Crippen molar-refractivity contribution in [2.24, 2.45) is 0 Å². The van der Waals surface area contributed by atoms with E-state index in [-0.39, 0.29) is 5.75 Å². The van der Waals surface area contributed by atoms with Crippen molar-refractivity contribution in [1.29, 1.82) is 0 Å². The predicted octanol–water partition coefficient (Wildman–Crippen LogP) is 6.14. The van der Waals surface area contributed by atoms with Gasteiger partial charge in [-0.3, -0.25) is 4.55 Å². The van der Waals surface area contributed by atoms with Crippen molar-refractivity contribution in [3.8, 4) is 0 Å². The Morgan fingerprint density at radius 2 is 0.818 bits per heavy atom. The molecule has 4 heteroatoms. The van der Waals surface area contributed by atoms with E-state index in [1.807, 2.05) is 0 Å². The average Bonchev–Trinajstić information content (AvgIpc) is 2.45. The smallest absolute Gasteiger partial charge is 0.264 e. The van der Waals surface area contributed by atoms with Gasteiger partial charge in [0.05, 0.1) is 5.75 Å². The fourth-order valence-corrected chi connectivity index (χ4v) is 3.40. The van der Waals surface area contributed by atoms with Gasteiger partial charge < -0.3 is 0 Å². The minimum atomic E-state index is -3.74. The predicted molar refractivity (Wildman–Crippen MR) is 96.0 cm³/mol. The van der Waals surface area contributed by atoms with Gasteiger partial charge in [0, 0.05) is 0 Å². The van der Waals surface area contributed by atoms with E-state index in [1.54, 1.807) is 0 Å². The topological polar surface area (TPSA) is 54.4 Å². The molecule has 0 aromatic carbocycles. The molecule has 0 unspecified atom stereocenters. The summed E-state index contributed by atoms with van der Waals surface area (Å²) in [4.78, 5) is 0. The van der Waals surface area contributed by atoms with Crippen molar-refractivity contribution in [1.82, 2.24) is 0 Å². The quantitative estimate of drug-likeness (QED) is 0.257. The summed E-state index contributed by atoms with van der Waals surface area (Å²) in [6.07, 6.45) is 20.3. The van der Waals surface area contributed by atoms with Gasteiger partial charge in [0.15, 0.2) is 0 Å². The van der Waals surface area contributed by atoms with Crippen molar-refractivity contribution >= 4 is 10.1 Å². The van der Waals surface area contributed by atoms with Gasteiger partial charge in [0.2, 0.25) is 0 Å². The molecule has 0 spiro atoms. The normalized spacial score (nSPS) is 11.9. The number of unbranched alkanes of at least 4 members (excludes halogenated alkanes) is 15. The molecule has 0 atom stereocenters. The third-order valence-electron chi connectivity index (χ3n) is 4.26. The van der Waals surface area contributed by atoms with Crippen molar-refractivity contribution in [3.05, 3.63) is 0 Å². The average molecular weight is 335 g/mol.